The first kappa shape index (κ1) is 17.7. The molecule has 134 valence electrons. The summed E-state index contributed by atoms with van der Waals surface area (Å²) in [5, 5.41) is 8.06. The highest BCUT2D eigenvalue weighted by molar-refractivity contribution is 7.16. The number of carbonyl (C=O) groups excluding carboxylic acids is 1. The maximum Gasteiger partial charge on any atom is 0.275 e. The van der Waals surface area contributed by atoms with E-state index in [1.54, 1.807) is 6.08 Å². The van der Waals surface area contributed by atoms with E-state index in [2.05, 4.69) is 31.8 Å². The van der Waals surface area contributed by atoms with Crippen LogP contribution in [-0.4, -0.2) is 69.6 Å². The van der Waals surface area contributed by atoms with Crippen LogP contribution in [0.15, 0.2) is 23.5 Å². The highest BCUT2D eigenvalue weighted by Gasteiger charge is 2.20. The molecule has 0 saturated carbocycles. The Morgan fingerprint density at radius 3 is 2.80 bits per heavy atom. The van der Waals surface area contributed by atoms with E-state index in [1.807, 2.05) is 6.92 Å². The molecule has 3 rings (SSSR count). The zero-order valence-corrected chi connectivity index (χ0v) is 15.1. The SMILES string of the molecule is C=CCNC(=O)CN1CCN(Cc2nn3c(=O)cc(C)nc3s2)CC1. The molecule has 0 unspecified atom stereocenters. The number of amides is 1. The third kappa shape index (κ3) is 4.50. The summed E-state index contributed by atoms with van der Waals surface area (Å²) >= 11 is 1.45. The van der Waals surface area contributed by atoms with Gasteiger partial charge in [0.2, 0.25) is 10.9 Å². The molecule has 1 aliphatic heterocycles. The lowest BCUT2D eigenvalue weighted by atomic mass is 10.3. The van der Waals surface area contributed by atoms with Gasteiger partial charge in [-0.25, -0.2) is 4.98 Å². The van der Waals surface area contributed by atoms with E-state index in [4.69, 9.17) is 0 Å². The Bertz CT molecular complexity index is 822. The third-order valence-electron chi connectivity index (χ3n) is 4.05. The lowest BCUT2D eigenvalue weighted by Gasteiger charge is -2.33. The number of piperazine rings is 1. The van der Waals surface area contributed by atoms with Gasteiger partial charge < -0.3 is 5.32 Å². The molecule has 1 saturated heterocycles. The van der Waals surface area contributed by atoms with Gasteiger partial charge in [0.15, 0.2) is 0 Å². The topological polar surface area (TPSA) is 82.8 Å². The normalized spacial score (nSPS) is 16.2. The van der Waals surface area contributed by atoms with E-state index < -0.39 is 0 Å². The van der Waals surface area contributed by atoms with Crippen LogP contribution in [0.1, 0.15) is 10.7 Å². The van der Waals surface area contributed by atoms with Gasteiger partial charge in [-0.1, -0.05) is 17.4 Å². The lowest BCUT2D eigenvalue weighted by molar-refractivity contribution is -0.122. The van der Waals surface area contributed by atoms with Gasteiger partial charge in [0.05, 0.1) is 13.1 Å². The van der Waals surface area contributed by atoms with Gasteiger partial charge >= 0.3 is 0 Å². The zero-order valence-electron chi connectivity index (χ0n) is 14.3. The maximum absolute atomic E-state index is 11.9. The predicted octanol–water partition coefficient (Wildman–Crippen LogP) is -0.121. The van der Waals surface area contributed by atoms with Crippen LogP contribution in [-0.2, 0) is 11.3 Å². The second kappa shape index (κ2) is 7.85. The fourth-order valence-electron chi connectivity index (χ4n) is 2.77. The Hall–Kier alpha value is -2.10. The van der Waals surface area contributed by atoms with Crippen molar-refractivity contribution < 1.29 is 4.79 Å². The minimum absolute atomic E-state index is 0.0281. The highest BCUT2D eigenvalue weighted by Crippen LogP contribution is 2.14. The molecule has 3 heterocycles. The molecule has 25 heavy (non-hydrogen) atoms. The summed E-state index contributed by atoms with van der Waals surface area (Å²) in [6.07, 6.45) is 1.68. The van der Waals surface area contributed by atoms with Gasteiger partial charge in [-0.2, -0.15) is 9.61 Å². The molecule has 1 amide bonds. The van der Waals surface area contributed by atoms with Gasteiger partial charge in [-0.15, -0.1) is 6.58 Å². The summed E-state index contributed by atoms with van der Waals surface area (Å²) in [7, 11) is 0. The summed E-state index contributed by atoms with van der Waals surface area (Å²) in [5.74, 6) is 0.0281. The Morgan fingerprint density at radius 1 is 1.36 bits per heavy atom. The van der Waals surface area contributed by atoms with Gasteiger partial charge in [-0.05, 0) is 6.92 Å². The summed E-state index contributed by atoms with van der Waals surface area (Å²) < 4.78 is 1.37. The van der Waals surface area contributed by atoms with Gasteiger partial charge in [-0.3, -0.25) is 19.4 Å². The molecule has 1 fully saturated rings. The first-order valence-corrected chi connectivity index (χ1v) is 9.05. The van der Waals surface area contributed by atoms with Crippen LogP contribution >= 0.6 is 11.3 Å². The van der Waals surface area contributed by atoms with Crippen molar-refractivity contribution in [1.29, 1.82) is 0 Å². The van der Waals surface area contributed by atoms with E-state index in [9.17, 15) is 9.59 Å². The molecule has 2 aromatic rings. The number of hydrogen-bond donors (Lipinski definition) is 1. The molecule has 0 radical (unpaired) electrons. The Balaban J connectivity index is 1.54. The van der Waals surface area contributed by atoms with Gasteiger partial charge in [0, 0.05) is 44.5 Å². The van der Waals surface area contributed by atoms with Crippen molar-refractivity contribution in [3.8, 4) is 0 Å². The largest absolute Gasteiger partial charge is 0.352 e. The lowest BCUT2D eigenvalue weighted by Crippen LogP contribution is -2.49. The van der Waals surface area contributed by atoms with Crippen LogP contribution in [0, 0.1) is 6.92 Å². The molecule has 0 atom stereocenters. The molecule has 0 aromatic carbocycles. The summed E-state index contributed by atoms with van der Waals surface area (Å²) in [4.78, 5) is 33.1. The van der Waals surface area contributed by atoms with Crippen molar-refractivity contribution in [2.75, 3.05) is 39.3 Å². The fourth-order valence-corrected chi connectivity index (χ4v) is 3.75. The Kier molecular flexibility index (Phi) is 5.57. The minimum Gasteiger partial charge on any atom is -0.352 e. The first-order chi connectivity index (χ1) is 12.0. The van der Waals surface area contributed by atoms with Crippen molar-refractivity contribution in [2.24, 2.45) is 0 Å². The van der Waals surface area contributed by atoms with Gasteiger partial charge in [0.1, 0.15) is 5.01 Å². The molecule has 0 spiro atoms. The fraction of sp³-hybridized carbons (Fsp3) is 0.500. The Morgan fingerprint density at radius 2 is 2.08 bits per heavy atom. The van der Waals surface area contributed by atoms with Gasteiger partial charge in [0.25, 0.3) is 5.56 Å². The number of carbonyl (C=O) groups is 1. The van der Waals surface area contributed by atoms with Crippen molar-refractivity contribution in [2.45, 2.75) is 13.5 Å². The maximum atomic E-state index is 11.9. The van der Waals surface area contributed by atoms with Crippen LogP contribution < -0.4 is 10.9 Å². The van der Waals surface area contributed by atoms with Crippen molar-refractivity contribution in [3.05, 3.63) is 39.8 Å². The smallest absolute Gasteiger partial charge is 0.275 e. The van der Waals surface area contributed by atoms with Crippen molar-refractivity contribution in [3.63, 3.8) is 0 Å². The number of fused-ring (bicyclic) bond motifs is 1. The molecule has 8 nitrogen and oxygen atoms in total. The minimum atomic E-state index is -0.139. The second-order valence-corrected chi connectivity index (χ2v) is 7.11. The molecular formula is C16H22N6O2S. The summed E-state index contributed by atoms with van der Waals surface area (Å²) in [5.41, 5.74) is 0.573. The molecule has 0 aliphatic carbocycles. The molecule has 1 N–H and O–H groups in total. The highest BCUT2D eigenvalue weighted by atomic mass is 32.1. The molecule has 2 aromatic heterocycles. The molecular weight excluding hydrogens is 340 g/mol. The van der Waals surface area contributed by atoms with E-state index in [-0.39, 0.29) is 11.5 Å². The Labute approximate surface area is 149 Å². The number of nitrogens with zero attached hydrogens (tertiary/aromatic N) is 5. The van der Waals surface area contributed by atoms with Crippen molar-refractivity contribution >= 4 is 22.2 Å². The van der Waals surface area contributed by atoms with Crippen LogP contribution in [0.2, 0.25) is 0 Å². The molecule has 1 aliphatic rings. The zero-order chi connectivity index (χ0) is 17.8. The number of aryl methyl sites for hydroxylation is 1. The predicted molar refractivity (Wildman–Crippen MR) is 96.8 cm³/mol. The number of aromatic nitrogens is 3. The molecule has 9 heteroatoms. The summed E-state index contributed by atoms with van der Waals surface area (Å²) in [6, 6.07) is 1.49. The first-order valence-electron chi connectivity index (χ1n) is 8.24. The van der Waals surface area contributed by atoms with Crippen LogP contribution in [0.4, 0.5) is 0 Å². The van der Waals surface area contributed by atoms with Crippen molar-refractivity contribution in [1.82, 2.24) is 29.7 Å². The third-order valence-corrected chi connectivity index (χ3v) is 4.94. The number of nitrogens with one attached hydrogen (secondary N) is 1. The van der Waals surface area contributed by atoms with Crippen LogP contribution in [0.5, 0.6) is 0 Å². The summed E-state index contributed by atoms with van der Waals surface area (Å²) in [6.45, 7) is 10.4. The van der Waals surface area contributed by atoms with E-state index in [0.717, 1.165) is 31.2 Å². The van der Waals surface area contributed by atoms with Crippen LogP contribution in [0.3, 0.4) is 0 Å². The monoisotopic (exact) mass is 362 g/mol. The number of rotatable bonds is 6. The molecule has 0 bridgehead atoms. The van der Waals surface area contributed by atoms with E-state index in [1.165, 1.54) is 21.9 Å². The second-order valence-electron chi connectivity index (χ2n) is 6.07. The average Bonchev–Trinajstić information content (AvgIpc) is 2.97. The quantitative estimate of drug-likeness (QED) is 0.722. The number of hydrogen-bond acceptors (Lipinski definition) is 7. The average molecular weight is 362 g/mol. The van der Waals surface area contributed by atoms with Crippen LogP contribution in [0.25, 0.3) is 4.96 Å². The van der Waals surface area contributed by atoms with E-state index in [0.29, 0.717) is 30.3 Å². The standard InChI is InChI=1S/C16H22N6O2S/c1-3-4-17-13(23)10-20-5-7-21(8-6-20)11-14-19-22-15(24)9-12(2)18-16(22)25-14/h3,9H,1,4-8,10-11H2,2H3,(H,17,23). The van der Waals surface area contributed by atoms with E-state index >= 15 is 0 Å².